The Bertz CT molecular complexity index is 790. The van der Waals surface area contributed by atoms with Crippen molar-refractivity contribution in [2.24, 2.45) is 0 Å². The first kappa shape index (κ1) is 12.7. The molecule has 0 unspecified atom stereocenters. The molecule has 20 heavy (non-hydrogen) atoms. The Hall–Kier alpha value is -2.27. The number of nitrogen functional groups attached to an aromatic ring is 1. The lowest BCUT2D eigenvalue weighted by Crippen LogP contribution is -1.92. The monoisotopic (exact) mass is 330 g/mol. The fraction of sp³-hybridized carbons (Fsp3) is 0. The van der Waals surface area contributed by atoms with Crippen LogP contribution in [0.1, 0.15) is 0 Å². The zero-order valence-electron chi connectivity index (χ0n) is 10.4. The van der Waals surface area contributed by atoms with Crippen LogP contribution in [-0.4, -0.2) is 10.1 Å². The molecule has 0 saturated carbocycles. The van der Waals surface area contributed by atoms with Crippen molar-refractivity contribution in [1.82, 2.24) is 4.98 Å². The van der Waals surface area contributed by atoms with Crippen molar-refractivity contribution in [3.63, 3.8) is 0 Å². The minimum absolute atomic E-state index is 0.169. The molecule has 3 aromatic rings. The van der Waals surface area contributed by atoms with Gasteiger partial charge in [-0.1, -0.05) is 6.07 Å². The minimum atomic E-state index is 0.169. The topological polar surface area (TPSA) is 68.4 Å². The first-order valence-corrected chi connectivity index (χ1v) is 6.73. The van der Waals surface area contributed by atoms with Crippen LogP contribution in [0.15, 0.2) is 53.1 Å². The lowest BCUT2D eigenvalue weighted by atomic mass is 10.1. The third kappa shape index (κ3) is 2.40. The van der Waals surface area contributed by atoms with E-state index in [0.29, 0.717) is 17.3 Å². The third-order valence-corrected chi connectivity index (χ3v) is 3.53. The number of nitrogens with two attached hydrogens (primary N) is 1. The normalized spacial score (nSPS) is 10.7. The smallest absolute Gasteiger partial charge is 0.227 e. The maximum atomic E-state index is 9.61. The summed E-state index contributed by atoms with van der Waals surface area (Å²) in [7, 11) is 0. The molecule has 5 heteroatoms. The molecule has 0 radical (unpaired) electrons. The van der Waals surface area contributed by atoms with Crippen molar-refractivity contribution in [1.29, 1.82) is 0 Å². The summed E-state index contributed by atoms with van der Waals surface area (Å²) in [5.74, 6) is 1.17. The second kappa shape index (κ2) is 5.02. The molecule has 0 aliphatic heterocycles. The number of pyridine rings is 1. The van der Waals surface area contributed by atoms with E-state index in [1.165, 1.54) is 0 Å². The minimum Gasteiger partial charge on any atom is -0.508 e. The Morgan fingerprint density at radius 3 is 2.80 bits per heavy atom. The van der Waals surface area contributed by atoms with Crippen molar-refractivity contribution in [3.8, 4) is 17.4 Å². The summed E-state index contributed by atoms with van der Waals surface area (Å²) < 4.78 is 6.59. The largest absolute Gasteiger partial charge is 0.508 e. The average Bonchev–Trinajstić information content (AvgIpc) is 2.43. The van der Waals surface area contributed by atoms with E-state index in [1.54, 1.807) is 30.5 Å². The summed E-state index contributed by atoms with van der Waals surface area (Å²) in [4.78, 5) is 4.22. The van der Waals surface area contributed by atoms with Crippen LogP contribution in [0.25, 0.3) is 10.8 Å². The number of fused-ring (bicyclic) bond motifs is 1. The van der Waals surface area contributed by atoms with Crippen LogP contribution < -0.4 is 10.5 Å². The number of phenols is 1. The van der Waals surface area contributed by atoms with Gasteiger partial charge in [0.05, 0.1) is 4.47 Å². The average molecular weight is 331 g/mol. The van der Waals surface area contributed by atoms with Crippen LogP contribution in [-0.2, 0) is 0 Å². The number of phenolic OH excluding ortho intramolecular Hbond substituents is 1. The molecule has 0 atom stereocenters. The first-order valence-electron chi connectivity index (χ1n) is 5.94. The Labute approximate surface area is 124 Å². The number of aromatic nitrogens is 1. The quantitative estimate of drug-likeness (QED) is 0.695. The first-order chi connectivity index (χ1) is 9.63. The molecule has 0 amide bonds. The molecule has 0 bridgehead atoms. The van der Waals surface area contributed by atoms with Gasteiger partial charge in [0.2, 0.25) is 5.88 Å². The molecule has 0 saturated heterocycles. The van der Waals surface area contributed by atoms with Gasteiger partial charge in [-0.2, -0.15) is 0 Å². The van der Waals surface area contributed by atoms with Gasteiger partial charge in [-0.05, 0) is 51.6 Å². The lowest BCUT2D eigenvalue weighted by Gasteiger charge is -2.10. The maximum absolute atomic E-state index is 9.61. The predicted molar refractivity (Wildman–Crippen MR) is 82.0 cm³/mol. The van der Waals surface area contributed by atoms with Crippen molar-refractivity contribution in [2.45, 2.75) is 0 Å². The third-order valence-electron chi connectivity index (χ3n) is 2.88. The number of benzene rings is 2. The standard InChI is InChI=1S/C15H11BrN2O2/c16-13-4-2-10(17)7-14(13)20-15-12-8-11(19)3-1-9(12)5-6-18-15/h1-8,19H,17H2. The number of nitrogens with zero attached hydrogens (tertiary/aromatic N) is 1. The highest BCUT2D eigenvalue weighted by Gasteiger charge is 2.09. The van der Waals surface area contributed by atoms with Gasteiger partial charge in [0, 0.05) is 23.3 Å². The molecule has 0 aliphatic rings. The Kier molecular flexibility index (Phi) is 3.20. The van der Waals surface area contributed by atoms with E-state index < -0.39 is 0 Å². The molecule has 1 aromatic heterocycles. The number of hydrogen-bond donors (Lipinski definition) is 2. The van der Waals surface area contributed by atoms with Gasteiger partial charge in [-0.15, -0.1) is 0 Å². The van der Waals surface area contributed by atoms with Crippen LogP contribution >= 0.6 is 15.9 Å². The molecule has 4 nitrogen and oxygen atoms in total. The summed E-state index contributed by atoms with van der Waals surface area (Å²) in [6.45, 7) is 0. The fourth-order valence-corrected chi connectivity index (χ4v) is 2.24. The van der Waals surface area contributed by atoms with E-state index in [-0.39, 0.29) is 5.75 Å². The molecular weight excluding hydrogens is 320 g/mol. The summed E-state index contributed by atoms with van der Waals surface area (Å²) in [5, 5.41) is 11.3. The number of hydrogen-bond acceptors (Lipinski definition) is 4. The van der Waals surface area contributed by atoms with Crippen molar-refractivity contribution in [2.75, 3.05) is 5.73 Å². The van der Waals surface area contributed by atoms with Gasteiger partial charge in [-0.3, -0.25) is 0 Å². The highest BCUT2D eigenvalue weighted by Crippen LogP contribution is 2.34. The van der Waals surface area contributed by atoms with Gasteiger partial charge < -0.3 is 15.6 Å². The molecule has 3 rings (SSSR count). The van der Waals surface area contributed by atoms with Crippen LogP contribution in [0, 0.1) is 0 Å². The molecule has 3 N–H and O–H groups in total. The molecule has 0 spiro atoms. The molecule has 0 fully saturated rings. The van der Waals surface area contributed by atoms with Gasteiger partial charge in [0.25, 0.3) is 0 Å². The van der Waals surface area contributed by atoms with E-state index >= 15 is 0 Å². The maximum Gasteiger partial charge on any atom is 0.227 e. The number of anilines is 1. The van der Waals surface area contributed by atoms with E-state index in [2.05, 4.69) is 20.9 Å². The van der Waals surface area contributed by atoms with Crippen molar-refractivity contribution >= 4 is 32.4 Å². The van der Waals surface area contributed by atoms with Crippen molar-refractivity contribution < 1.29 is 9.84 Å². The zero-order valence-corrected chi connectivity index (χ0v) is 12.0. The highest BCUT2D eigenvalue weighted by atomic mass is 79.9. The van der Waals surface area contributed by atoms with E-state index in [4.69, 9.17) is 10.5 Å². The second-order valence-electron chi connectivity index (χ2n) is 4.31. The predicted octanol–water partition coefficient (Wildman–Crippen LogP) is 4.08. The summed E-state index contributed by atoms with van der Waals surface area (Å²) in [6.07, 6.45) is 1.66. The second-order valence-corrected chi connectivity index (χ2v) is 5.17. The van der Waals surface area contributed by atoms with Gasteiger partial charge in [-0.25, -0.2) is 4.98 Å². The van der Waals surface area contributed by atoms with E-state index in [1.807, 2.05) is 18.2 Å². The van der Waals surface area contributed by atoms with Gasteiger partial charge in [0.1, 0.15) is 11.5 Å². The number of halogens is 1. The highest BCUT2D eigenvalue weighted by molar-refractivity contribution is 9.10. The van der Waals surface area contributed by atoms with Crippen molar-refractivity contribution in [3.05, 3.63) is 53.1 Å². The zero-order chi connectivity index (χ0) is 14.1. The number of aromatic hydroxyl groups is 1. The van der Waals surface area contributed by atoms with E-state index in [0.717, 1.165) is 15.2 Å². The number of rotatable bonds is 2. The van der Waals surface area contributed by atoms with Gasteiger partial charge >= 0.3 is 0 Å². The molecule has 100 valence electrons. The number of ether oxygens (including phenoxy) is 1. The Balaban J connectivity index is 2.10. The van der Waals surface area contributed by atoms with Gasteiger partial charge in [0.15, 0.2) is 0 Å². The Morgan fingerprint density at radius 1 is 1.10 bits per heavy atom. The molecule has 1 heterocycles. The summed E-state index contributed by atoms with van der Waals surface area (Å²) >= 11 is 3.41. The summed E-state index contributed by atoms with van der Waals surface area (Å²) in [5.41, 5.74) is 6.36. The van der Waals surface area contributed by atoms with E-state index in [9.17, 15) is 5.11 Å². The van der Waals surface area contributed by atoms with Crippen LogP contribution in [0.4, 0.5) is 5.69 Å². The summed E-state index contributed by atoms with van der Waals surface area (Å²) in [6, 6.07) is 12.2. The van der Waals surface area contributed by atoms with Crippen LogP contribution in [0.3, 0.4) is 0 Å². The molecule has 2 aromatic carbocycles. The van der Waals surface area contributed by atoms with Crippen LogP contribution in [0.5, 0.6) is 17.4 Å². The Morgan fingerprint density at radius 2 is 1.95 bits per heavy atom. The molecular formula is C15H11BrN2O2. The SMILES string of the molecule is Nc1ccc(Br)c(Oc2nccc3ccc(O)cc23)c1. The fourth-order valence-electron chi connectivity index (χ4n) is 1.91. The lowest BCUT2D eigenvalue weighted by molar-refractivity contribution is 0.463. The van der Waals surface area contributed by atoms with Crippen LogP contribution in [0.2, 0.25) is 0 Å². The molecule has 0 aliphatic carbocycles.